The van der Waals surface area contributed by atoms with Crippen LogP contribution in [0.25, 0.3) is 0 Å². The molecule has 1 rings (SSSR count). The van der Waals surface area contributed by atoms with Crippen molar-refractivity contribution in [3.8, 4) is 0 Å². The molecule has 36 N–H and O–H groups in total. The van der Waals surface area contributed by atoms with Crippen molar-refractivity contribution in [1.29, 1.82) is 21.6 Å². The molecule has 0 aromatic rings. The minimum Gasteiger partial charge on any atom is -0.481 e. The van der Waals surface area contributed by atoms with Crippen LogP contribution in [0.15, 0.2) is 12.2 Å². The molecule has 1 aliphatic rings. The van der Waals surface area contributed by atoms with Crippen molar-refractivity contribution in [3.05, 3.63) is 12.2 Å². The third-order valence-electron chi connectivity index (χ3n) is 22.4. The Morgan fingerprint density at radius 1 is 0.442 bits per heavy atom. The van der Waals surface area contributed by atoms with Crippen LogP contribution in [0.2, 0.25) is 0 Å². The molecule has 1 aliphatic heterocycles. The number of hydrogen-bond donors (Lipinski definition) is 31. The van der Waals surface area contributed by atoms with E-state index in [1.54, 1.807) is 67.5 Å². The highest BCUT2D eigenvalue weighted by Gasteiger charge is 2.44. The number of nitrogens with two attached hydrogens (primary N) is 5. The number of carbonyl (C=O) groups excluding carboxylic acids is 17. The van der Waals surface area contributed by atoms with Crippen LogP contribution in [0.4, 0.5) is 0 Å². The van der Waals surface area contributed by atoms with Gasteiger partial charge in [-0.15, -0.1) is 0 Å². The SMILES string of the molecule is CCCC[C@@H]1NC(=O)[C@](C)(NC(=O)[C@@H](NC(=O)[C@H](CCCNC(=N)N)NC(=O)[C@H](CCCNC(=N)N)NC(=O)CCNC(C)=O)[C@@H](C)CC)CCC/C=C\CCC[C@](C)(C(=O)N[C@@H](C)C(=O)N[C@@H](C)C(=O)N[C@@H](CC(N)=O)C(=O)N[C@@H](CCCNC(=N)N)C(=O)N[C@@H](CC(C)C)C(=O)N[C@@H](CCC(=O)O)C(=O)N[C@@H](CCCNC(=N)N)C(=O)O)NC(=O)[C@H](CC(C)C)NC(=O)[C@H](CC(C)C)NC1=O. The molecule has 0 aliphatic carbocycles. The molecule has 17 amide bonds. The van der Waals surface area contributed by atoms with Gasteiger partial charge < -0.3 is 145 Å². The van der Waals surface area contributed by atoms with Crippen molar-refractivity contribution in [2.45, 2.75) is 347 Å². The largest absolute Gasteiger partial charge is 0.481 e. The summed E-state index contributed by atoms with van der Waals surface area (Å²) in [5.74, 6) is -21.3. The van der Waals surface area contributed by atoms with Gasteiger partial charge in [0.2, 0.25) is 100 Å². The van der Waals surface area contributed by atoms with Crippen LogP contribution >= 0.6 is 0 Å². The predicted octanol–water partition coefficient (Wildman–Crippen LogP) is -4.23. The lowest BCUT2D eigenvalue weighted by molar-refractivity contribution is -0.143. The maximum Gasteiger partial charge on any atom is 0.326 e. The topological polar surface area (TPSA) is 831 Å². The van der Waals surface area contributed by atoms with Crippen LogP contribution < -0.4 is 135 Å². The fourth-order valence-corrected chi connectivity index (χ4v) is 14.4. The van der Waals surface area contributed by atoms with Gasteiger partial charge in [-0.2, -0.15) is 0 Å². The summed E-state index contributed by atoms with van der Waals surface area (Å²) in [4.78, 5) is 266. The van der Waals surface area contributed by atoms with E-state index in [4.69, 9.17) is 50.3 Å². The van der Waals surface area contributed by atoms with Crippen molar-refractivity contribution < 1.29 is 101 Å². The minimum atomic E-state index is -1.90. The highest BCUT2D eigenvalue weighted by molar-refractivity contribution is 6.02. The second-order valence-electron chi connectivity index (χ2n) is 36.5. The Labute approximate surface area is 806 Å². The number of allylic oxidation sites excluding steroid dienone is 2. The molecule has 50 heteroatoms. The lowest BCUT2D eigenvalue weighted by Gasteiger charge is -2.35. The van der Waals surface area contributed by atoms with E-state index in [0.29, 0.717) is 12.8 Å². The molecule has 0 spiro atoms. The van der Waals surface area contributed by atoms with Gasteiger partial charge in [-0.05, 0) is 173 Å². The highest BCUT2D eigenvalue weighted by Crippen LogP contribution is 2.23. The van der Waals surface area contributed by atoms with E-state index in [1.807, 2.05) is 6.92 Å². The number of unbranched alkanes of at least 4 members (excludes halogenated alkanes) is 1. The molecule has 0 aromatic carbocycles. The summed E-state index contributed by atoms with van der Waals surface area (Å²) in [5.41, 5.74) is 23.7. The Morgan fingerprint density at radius 3 is 1.29 bits per heavy atom. The van der Waals surface area contributed by atoms with Crippen molar-refractivity contribution in [2.24, 2.45) is 52.3 Å². The van der Waals surface area contributed by atoms with Gasteiger partial charge in [0, 0.05) is 52.5 Å². The summed E-state index contributed by atoms with van der Waals surface area (Å²) in [6.45, 7) is 22.5. The quantitative estimate of drug-likeness (QED) is 0.0119. The third-order valence-corrected chi connectivity index (χ3v) is 22.4. The summed E-state index contributed by atoms with van der Waals surface area (Å²) in [6, 6.07) is -19.5. The monoisotopic (exact) mass is 1960 g/mol. The van der Waals surface area contributed by atoms with Crippen LogP contribution in [-0.4, -0.2) is 269 Å². The lowest BCUT2D eigenvalue weighted by Crippen LogP contribution is -2.65. The number of carbonyl (C=O) groups is 19. The van der Waals surface area contributed by atoms with Crippen molar-refractivity contribution >= 4 is 136 Å². The van der Waals surface area contributed by atoms with Crippen LogP contribution in [-0.2, 0) is 91.1 Å². The number of amides is 17. The molecule has 1 heterocycles. The van der Waals surface area contributed by atoms with E-state index < -0.39 is 239 Å². The second-order valence-corrected chi connectivity index (χ2v) is 36.5. The molecular formula is C88H157N29O21. The zero-order valence-corrected chi connectivity index (χ0v) is 82.2. The van der Waals surface area contributed by atoms with Gasteiger partial charge in [0.1, 0.15) is 89.6 Å². The zero-order chi connectivity index (χ0) is 105. The maximum absolute atomic E-state index is 15.3. The molecule has 50 nitrogen and oxygen atoms in total. The van der Waals surface area contributed by atoms with E-state index >= 15 is 9.59 Å². The van der Waals surface area contributed by atoms with Gasteiger partial charge in [0.15, 0.2) is 23.8 Å². The molecule has 780 valence electrons. The van der Waals surface area contributed by atoms with E-state index in [9.17, 15) is 91.7 Å². The Hall–Kier alpha value is -13.2. The minimum absolute atomic E-state index is 0.00478. The second kappa shape index (κ2) is 64.0. The average Bonchev–Trinajstić information content (AvgIpc) is 0.857. The number of hydrogen-bond acceptors (Lipinski definition) is 23. The smallest absolute Gasteiger partial charge is 0.326 e. The van der Waals surface area contributed by atoms with Crippen LogP contribution in [0.1, 0.15) is 257 Å². The van der Waals surface area contributed by atoms with E-state index in [2.05, 4.69) is 106 Å². The first-order chi connectivity index (χ1) is 64.6. The first-order valence-corrected chi connectivity index (χ1v) is 47.1. The van der Waals surface area contributed by atoms with Gasteiger partial charge in [-0.3, -0.25) is 108 Å². The summed E-state index contributed by atoms with van der Waals surface area (Å²) in [6.07, 6.45) is 2.77. The number of primary amides is 1. The van der Waals surface area contributed by atoms with Crippen LogP contribution in [0.5, 0.6) is 0 Å². The Kier molecular flexibility index (Phi) is 56.9. The van der Waals surface area contributed by atoms with E-state index in [-0.39, 0.29) is 191 Å². The van der Waals surface area contributed by atoms with Gasteiger partial charge in [0.25, 0.3) is 0 Å². The highest BCUT2D eigenvalue weighted by atomic mass is 16.4. The normalized spacial score (nSPS) is 19.3. The fourth-order valence-electron chi connectivity index (χ4n) is 14.4. The third kappa shape index (κ3) is 50.0. The van der Waals surface area contributed by atoms with Crippen molar-refractivity contribution in [1.82, 2.24) is 106 Å². The first-order valence-electron chi connectivity index (χ1n) is 47.1. The van der Waals surface area contributed by atoms with Crippen molar-refractivity contribution in [3.63, 3.8) is 0 Å². The predicted molar refractivity (Wildman–Crippen MR) is 512 cm³/mol. The lowest BCUT2D eigenvalue weighted by atomic mass is 9.90. The number of nitrogens with one attached hydrogen (secondary N) is 24. The fraction of sp³-hybridized carbons (Fsp3) is 0.716. The van der Waals surface area contributed by atoms with Crippen LogP contribution in [0, 0.1) is 45.3 Å². The Bertz CT molecular complexity index is 4170. The number of guanidine groups is 4. The molecular weight excluding hydrogens is 1800 g/mol. The molecule has 0 bridgehead atoms. The summed E-state index contributed by atoms with van der Waals surface area (Å²) in [5, 5.41) is 102. The summed E-state index contributed by atoms with van der Waals surface area (Å²) >= 11 is 0. The van der Waals surface area contributed by atoms with Gasteiger partial charge in [-0.1, -0.05) is 93.7 Å². The Balaban J connectivity index is 3.95. The number of carboxylic acids is 2. The molecule has 16 atom stereocenters. The zero-order valence-electron chi connectivity index (χ0n) is 82.2. The number of aliphatic carboxylic acids is 2. The van der Waals surface area contributed by atoms with Gasteiger partial charge in [0.05, 0.1) is 6.42 Å². The molecule has 0 saturated carbocycles. The summed E-state index contributed by atoms with van der Waals surface area (Å²) < 4.78 is 0. The average molecular weight is 1960 g/mol. The van der Waals surface area contributed by atoms with Gasteiger partial charge >= 0.3 is 11.9 Å². The molecule has 0 unspecified atom stereocenters. The molecule has 0 aromatic heterocycles. The van der Waals surface area contributed by atoms with E-state index in [0.717, 1.165) is 0 Å². The first kappa shape index (κ1) is 123. The maximum atomic E-state index is 15.3. The molecule has 0 saturated heterocycles. The summed E-state index contributed by atoms with van der Waals surface area (Å²) in [7, 11) is 0. The van der Waals surface area contributed by atoms with Gasteiger partial charge in [-0.25, -0.2) is 4.79 Å². The number of carboxylic acid groups (broad SMARTS) is 2. The molecule has 0 radical (unpaired) electrons. The number of rotatable bonds is 57. The standard InChI is InChI=1S/C88H157N29O21/c1-15-17-28-57-72(127)112-61(44-48(5)6)76(131)113-62(45-49(7)8)78(133)116-87(13,36-22-20-18-19-21-23-37-88(14,82(138)114-57)117-79(134)67(50(9)16-2)115-74(129)56(31-26-40-101-85(94)95)106-70(125)54(29-24-38-99-83(90)91)105-65(120)35-42-98-53(12)118)81(137)104-52(11)68(123)103-51(10)69(124)110-63(46-64(89)119)77(132)107-55(30-25-39-100-84(92)93)71(126)111-60(43-47(3)4)75(130)108-58(33-34-66(121)122)73(128)109-59(80(135)136)32-27-41-102-86(96)97/h18-19,47-52,54-63,67H,15-17,20-46H2,1-14H3,(H2,89,119)(H,98,118)(H,103,123)(H,104,137)(H,105,120)(H,106,125)(H,107,132)(H,108,130)(H,109,128)(H,110,124)(H,111,126)(H,112,127)(H,113,131)(H,114,138)(H,115,129)(H,116,133)(H,117,134)(H,121,122)(H,135,136)(H4,90,91,99)(H4,92,93,100)(H4,94,95,101)(H4,96,97,102)/b19-18-/t50-,51-,52-,54-,55-,56-,57-,58-,59-,60-,61-,62-,63-,67-,87+,88+/m0/s1. The van der Waals surface area contributed by atoms with E-state index in [1.165, 1.54) is 34.6 Å². The molecule has 138 heavy (non-hydrogen) atoms. The molecule has 0 fully saturated rings. The Morgan fingerprint density at radius 2 is 0.848 bits per heavy atom. The van der Waals surface area contributed by atoms with Crippen molar-refractivity contribution in [2.75, 3.05) is 32.7 Å². The van der Waals surface area contributed by atoms with Crippen LogP contribution in [0.3, 0.4) is 0 Å².